The van der Waals surface area contributed by atoms with Crippen LogP contribution in [0, 0.1) is 5.92 Å². The summed E-state index contributed by atoms with van der Waals surface area (Å²) in [5.41, 5.74) is 0. The summed E-state index contributed by atoms with van der Waals surface area (Å²) in [7, 11) is -3.64. The first-order valence-corrected chi connectivity index (χ1v) is 9.59. The summed E-state index contributed by atoms with van der Waals surface area (Å²) in [4.78, 5) is 11.8. The van der Waals surface area contributed by atoms with Crippen molar-refractivity contribution >= 4 is 43.5 Å². The number of rotatable bonds is 4. The maximum atomic E-state index is 12.6. The third-order valence-electron chi connectivity index (χ3n) is 3.59. The van der Waals surface area contributed by atoms with Crippen LogP contribution in [0.3, 0.4) is 0 Å². The monoisotopic (exact) mass is 409 g/mol. The number of piperidine rings is 1. The maximum absolute atomic E-state index is 12.6. The minimum absolute atomic E-state index is 0.0898. The molecule has 1 fully saturated rings. The van der Waals surface area contributed by atoms with E-state index in [0.717, 1.165) is 4.47 Å². The molecule has 5 nitrogen and oxygen atoms in total. The number of ether oxygens (including phenoxy) is 1. The van der Waals surface area contributed by atoms with E-state index in [0.29, 0.717) is 19.4 Å². The molecule has 0 amide bonds. The highest BCUT2D eigenvalue weighted by Gasteiger charge is 2.33. The number of sulfonamides is 1. The molecule has 0 unspecified atom stereocenters. The lowest BCUT2D eigenvalue weighted by molar-refractivity contribution is -0.149. The number of hydrogen-bond acceptors (Lipinski definition) is 4. The molecule has 1 aliphatic rings. The Kier molecular flexibility index (Phi) is 5.87. The molecule has 0 aromatic heterocycles. The van der Waals surface area contributed by atoms with Gasteiger partial charge in [-0.2, -0.15) is 4.31 Å². The molecule has 22 heavy (non-hydrogen) atoms. The molecule has 1 heterocycles. The quantitative estimate of drug-likeness (QED) is 0.716. The maximum Gasteiger partial charge on any atom is 0.309 e. The molecule has 0 spiro atoms. The standard InChI is InChI=1S/C14H17BrClNO4S/c1-2-21-14(18)10-5-7-17(8-6-10)22(19,20)13-4-3-11(15)9-12(13)16/h3-4,9-10H,2,5-8H2,1H3. The zero-order valence-electron chi connectivity index (χ0n) is 12.1. The molecule has 0 bridgehead atoms. The van der Waals surface area contributed by atoms with Gasteiger partial charge in [-0.3, -0.25) is 4.79 Å². The van der Waals surface area contributed by atoms with Gasteiger partial charge in [-0.25, -0.2) is 8.42 Å². The van der Waals surface area contributed by atoms with E-state index in [1.807, 2.05) is 0 Å². The molecule has 0 aliphatic carbocycles. The lowest BCUT2D eigenvalue weighted by Gasteiger charge is -2.30. The number of nitrogens with zero attached hydrogens (tertiary/aromatic N) is 1. The van der Waals surface area contributed by atoms with Crippen molar-refractivity contribution in [1.29, 1.82) is 0 Å². The van der Waals surface area contributed by atoms with Crippen molar-refractivity contribution in [2.24, 2.45) is 5.92 Å². The van der Waals surface area contributed by atoms with Gasteiger partial charge in [0.2, 0.25) is 10.0 Å². The molecular weight excluding hydrogens is 394 g/mol. The van der Waals surface area contributed by atoms with Crippen LogP contribution in [-0.4, -0.2) is 38.4 Å². The average Bonchev–Trinajstić information content (AvgIpc) is 2.47. The van der Waals surface area contributed by atoms with Gasteiger partial charge in [0.25, 0.3) is 0 Å². The van der Waals surface area contributed by atoms with E-state index < -0.39 is 10.0 Å². The van der Waals surface area contributed by atoms with E-state index in [-0.39, 0.29) is 34.9 Å². The average molecular weight is 411 g/mol. The van der Waals surface area contributed by atoms with E-state index in [2.05, 4.69) is 15.9 Å². The number of benzene rings is 1. The van der Waals surface area contributed by atoms with Crippen LogP contribution >= 0.6 is 27.5 Å². The molecule has 8 heteroatoms. The fourth-order valence-electron chi connectivity index (χ4n) is 2.42. The van der Waals surface area contributed by atoms with E-state index in [4.69, 9.17) is 16.3 Å². The van der Waals surface area contributed by atoms with Crippen LogP contribution < -0.4 is 0 Å². The Hall–Kier alpha value is -0.630. The second-order valence-corrected chi connectivity index (χ2v) is 8.23. The van der Waals surface area contributed by atoms with Crippen LogP contribution in [0.5, 0.6) is 0 Å². The predicted molar refractivity (Wildman–Crippen MR) is 87.3 cm³/mol. The minimum Gasteiger partial charge on any atom is -0.466 e. The molecule has 0 radical (unpaired) electrons. The molecule has 1 aromatic carbocycles. The molecule has 1 saturated heterocycles. The summed E-state index contributed by atoms with van der Waals surface area (Å²) in [5, 5.41) is 0.182. The molecule has 0 N–H and O–H groups in total. The van der Waals surface area contributed by atoms with Crippen LogP contribution in [0.4, 0.5) is 0 Å². The van der Waals surface area contributed by atoms with Crippen LogP contribution in [0.2, 0.25) is 5.02 Å². The largest absolute Gasteiger partial charge is 0.466 e. The Labute approximate surface area is 143 Å². The second kappa shape index (κ2) is 7.29. The first-order chi connectivity index (χ1) is 10.4. The Morgan fingerprint density at radius 2 is 2.05 bits per heavy atom. The topological polar surface area (TPSA) is 63.7 Å². The van der Waals surface area contributed by atoms with Gasteiger partial charge in [-0.05, 0) is 38.0 Å². The lowest BCUT2D eigenvalue weighted by Crippen LogP contribution is -2.40. The van der Waals surface area contributed by atoms with Crippen molar-refractivity contribution in [3.8, 4) is 0 Å². The molecular formula is C14H17BrClNO4S. The van der Waals surface area contributed by atoms with Crippen LogP contribution in [0.1, 0.15) is 19.8 Å². The van der Waals surface area contributed by atoms with E-state index in [9.17, 15) is 13.2 Å². The summed E-state index contributed by atoms with van der Waals surface area (Å²) in [6.45, 7) is 2.68. The third kappa shape index (κ3) is 3.82. The van der Waals surface area contributed by atoms with Gasteiger partial charge in [0, 0.05) is 17.6 Å². The number of hydrogen-bond donors (Lipinski definition) is 0. The third-order valence-corrected chi connectivity index (χ3v) is 6.46. The minimum atomic E-state index is -3.64. The highest BCUT2D eigenvalue weighted by atomic mass is 79.9. The lowest BCUT2D eigenvalue weighted by atomic mass is 9.98. The SMILES string of the molecule is CCOC(=O)C1CCN(S(=O)(=O)c2ccc(Br)cc2Cl)CC1. The van der Waals surface area contributed by atoms with Crippen LogP contribution in [0.15, 0.2) is 27.6 Å². The summed E-state index contributed by atoms with van der Waals surface area (Å²) < 4.78 is 32.3. The van der Waals surface area contributed by atoms with Crippen LogP contribution in [0.25, 0.3) is 0 Å². The van der Waals surface area contributed by atoms with Crippen molar-refractivity contribution in [1.82, 2.24) is 4.31 Å². The summed E-state index contributed by atoms with van der Waals surface area (Å²) in [6.07, 6.45) is 0.929. The van der Waals surface area contributed by atoms with E-state index in [1.54, 1.807) is 19.1 Å². The Bertz CT molecular complexity index is 657. The molecule has 0 saturated carbocycles. The van der Waals surface area contributed by atoms with Gasteiger partial charge in [0.05, 0.1) is 17.5 Å². The van der Waals surface area contributed by atoms with Gasteiger partial charge in [-0.15, -0.1) is 0 Å². The van der Waals surface area contributed by atoms with Gasteiger partial charge in [0.1, 0.15) is 4.90 Å². The summed E-state index contributed by atoms with van der Waals surface area (Å²) >= 11 is 9.30. The van der Waals surface area contributed by atoms with Crippen molar-refractivity contribution in [3.05, 3.63) is 27.7 Å². The zero-order valence-corrected chi connectivity index (χ0v) is 15.2. The molecule has 122 valence electrons. The highest BCUT2D eigenvalue weighted by Crippen LogP contribution is 2.30. The second-order valence-electron chi connectivity index (χ2n) is 5.01. The number of carbonyl (C=O) groups is 1. The first kappa shape index (κ1) is 17.7. The van der Waals surface area contributed by atoms with Gasteiger partial charge >= 0.3 is 5.97 Å². The normalized spacial score (nSPS) is 17.4. The molecule has 2 rings (SSSR count). The summed E-state index contributed by atoms with van der Waals surface area (Å²) in [5.74, 6) is -0.479. The summed E-state index contributed by atoms with van der Waals surface area (Å²) in [6, 6.07) is 4.68. The number of carbonyl (C=O) groups excluding carboxylic acids is 1. The van der Waals surface area contributed by atoms with E-state index >= 15 is 0 Å². The Morgan fingerprint density at radius 1 is 1.41 bits per heavy atom. The predicted octanol–water partition coefficient (Wildman–Crippen LogP) is 3.07. The number of esters is 1. The van der Waals surface area contributed by atoms with E-state index in [1.165, 1.54) is 10.4 Å². The Morgan fingerprint density at radius 3 is 2.59 bits per heavy atom. The van der Waals surface area contributed by atoms with Crippen molar-refractivity contribution in [3.63, 3.8) is 0 Å². The molecule has 1 aliphatic heterocycles. The van der Waals surface area contributed by atoms with Crippen molar-refractivity contribution in [2.75, 3.05) is 19.7 Å². The van der Waals surface area contributed by atoms with Gasteiger partial charge < -0.3 is 4.74 Å². The molecule has 0 atom stereocenters. The van der Waals surface area contributed by atoms with Crippen LogP contribution in [-0.2, 0) is 19.6 Å². The zero-order chi connectivity index (χ0) is 16.3. The molecule has 1 aromatic rings. The van der Waals surface area contributed by atoms with Crippen molar-refractivity contribution < 1.29 is 17.9 Å². The van der Waals surface area contributed by atoms with Gasteiger partial charge in [-0.1, -0.05) is 27.5 Å². The van der Waals surface area contributed by atoms with Crippen molar-refractivity contribution in [2.45, 2.75) is 24.7 Å². The van der Waals surface area contributed by atoms with Gasteiger partial charge in [0.15, 0.2) is 0 Å². The smallest absolute Gasteiger partial charge is 0.309 e. The number of halogens is 2. The fraction of sp³-hybridized carbons (Fsp3) is 0.500. The Balaban J connectivity index is 2.11. The highest BCUT2D eigenvalue weighted by molar-refractivity contribution is 9.10. The fourth-order valence-corrected chi connectivity index (χ4v) is 4.90. The first-order valence-electron chi connectivity index (χ1n) is 6.98.